The van der Waals surface area contributed by atoms with Gasteiger partial charge in [-0.05, 0) is 42.8 Å². The number of benzene rings is 2. The van der Waals surface area contributed by atoms with Crippen LogP contribution < -0.4 is 16.5 Å². The number of amides is 1. The summed E-state index contributed by atoms with van der Waals surface area (Å²) in [5.74, 6) is 0. The zero-order chi connectivity index (χ0) is 17.9. The number of nitrogens with one attached hydrogen (secondary N) is 2. The molecule has 0 aliphatic rings. The minimum Gasteiger partial charge on any atom is -0.449 e. The summed E-state index contributed by atoms with van der Waals surface area (Å²) >= 11 is 4.78. The van der Waals surface area contributed by atoms with Crippen LogP contribution in [-0.4, -0.2) is 23.5 Å². The van der Waals surface area contributed by atoms with Crippen molar-refractivity contribution in [3.8, 4) is 0 Å². The molecule has 0 saturated carbocycles. The summed E-state index contributed by atoms with van der Waals surface area (Å²) in [5, 5.41) is 6.99. The molecule has 0 unspecified atom stereocenters. The molecule has 0 saturated heterocycles. The highest BCUT2D eigenvalue weighted by atomic mass is 32.1. The molecule has 6 nitrogen and oxygen atoms in total. The van der Waals surface area contributed by atoms with E-state index in [1.165, 1.54) is 0 Å². The van der Waals surface area contributed by atoms with E-state index in [9.17, 15) is 4.79 Å². The zero-order valence-electron chi connectivity index (χ0n) is 13.6. The summed E-state index contributed by atoms with van der Waals surface area (Å²) in [7, 11) is 0. The van der Waals surface area contributed by atoms with E-state index in [0.29, 0.717) is 18.5 Å². The van der Waals surface area contributed by atoms with E-state index in [0.717, 1.165) is 11.3 Å². The van der Waals surface area contributed by atoms with Crippen LogP contribution in [0, 0.1) is 0 Å². The topological polar surface area (TPSA) is 88.7 Å². The molecule has 0 aliphatic heterocycles. The Balaban J connectivity index is 1.81. The second-order valence-electron chi connectivity index (χ2n) is 5.13. The van der Waals surface area contributed by atoms with Crippen LogP contribution in [0.5, 0.6) is 0 Å². The van der Waals surface area contributed by atoms with Crippen molar-refractivity contribution in [2.75, 3.05) is 11.9 Å². The minimum absolute atomic E-state index is 0.104. The van der Waals surface area contributed by atoms with Crippen molar-refractivity contribution >= 4 is 34.8 Å². The number of nitrogens with zero attached hydrogens (tertiary/aromatic N) is 1. The molecule has 0 bridgehead atoms. The molecular formula is C18H20N4O2S. The van der Waals surface area contributed by atoms with E-state index in [4.69, 9.17) is 22.7 Å². The molecule has 2 aromatic carbocycles. The van der Waals surface area contributed by atoms with Gasteiger partial charge in [0.15, 0.2) is 5.11 Å². The molecular weight excluding hydrogens is 336 g/mol. The van der Waals surface area contributed by atoms with Crippen LogP contribution in [-0.2, 0) is 4.74 Å². The Morgan fingerprint density at radius 1 is 1.08 bits per heavy atom. The van der Waals surface area contributed by atoms with Gasteiger partial charge in [0.25, 0.3) is 0 Å². The average molecular weight is 356 g/mol. The van der Waals surface area contributed by atoms with E-state index >= 15 is 0 Å². The Labute approximate surface area is 152 Å². The van der Waals surface area contributed by atoms with Gasteiger partial charge in [0.1, 0.15) is 0 Å². The summed E-state index contributed by atoms with van der Waals surface area (Å²) < 4.78 is 5.18. The van der Waals surface area contributed by atoms with Gasteiger partial charge in [0.05, 0.1) is 12.3 Å². The van der Waals surface area contributed by atoms with Crippen LogP contribution in [0.2, 0.25) is 0 Å². The molecule has 0 radical (unpaired) electrons. The van der Waals surface area contributed by atoms with E-state index in [1.807, 2.05) is 48.5 Å². The third-order valence-electron chi connectivity index (χ3n) is 3.22. The Morgan fingerprint density at radius 3 is 2.36 bits per heavy atom. The second-order valence-corrected chi connectivity index (χ2v) is 5.57. The summed E-state index contributed by atoms with van der Waals surface area (Å²) in [5.41, 5.74) is 10.5. The van der Waals surface area contributed by atoms with Crippen molar-refractivity contribution in [1.82, 2.24) is 5.43 Å². The number of hydrazone groups is 1. The highest BCUT2D eigenvalue weighted by Crippen LogP contribution is 2.08. The van der Waals surface area contributed by atoms with Crippen LogP contribution in [0.3, 0.4) is 0 Å². The molecule has 130 valence electrons. The number of anilines is 1. The van der Waals surface area contributed by atoms with Crippen molar-refractivity contribution in [2.24, 2.45) is 10.8 Å². The molecule has 0 atom stereocenters. The molecule has 1 amide bonds. The molecule has 25 heavy (non-hydrogen) atoms. The molecule has 4 N–H and O–H groups in total. The van der Waals surface area contributed by atoms with E-state index in [1.54, 1.807) is 12.1 Å². The maximum atomic E-state index is 11.7. The number of carbonyl (C=O) groups excluding carboxylic acids is 1. The van der Waals surface area contributed by atoms with Gasteiger partial charge in [-0.15, -0.1) is 0 Å². The Morgan fingerprint density at radius 2 is 1.72 bits per heavy atom. The van der Waals surface area contributed by atoms with E-state index in [-0.39, 0.29) is 11.7 Å². The molecule has 0 aromatic heterocycles. The first-order chi connectivity index (χ1) is 12.1. The van der Waals surface area contributed by atoms with Gasteiger partial charge < -0.3 is 10.5 Å². The van der Waals surface area contributed by atoms with E-state index < -0.39 is 6.09 Å². The number of hydrogen-bond acceptors (Lipinski definition) is 4. The lowest BCUT2D eigenvalue weighted by molar-refractivity contribution is 0.161. The number of carbonyl (C=O) groups is 1. The largest absolute Gasteiger partial charge is 0.449 e. The monoisotopic (exact) mass is 356 g/mol. The quantitative estimate of drug-likeness (QED) is 0.307. The minimum atomic E-state index is -0.481. The summed E-state index contributed by atoms with van der Waals surface area (Å²) in [4.78, 5) is 11.7. The van der Waals surface area contributed by atoms with Crippen LogP contribution in [0.4, 0.5) is 10.5 Å². The predicted molar refractivity (Wildman–Crippen MR) is 104 cm³/mol. The number of rotatable bonds is 7. The van der Waals surface area contributed by atoms with Gasteiger partial charge in [0, 0.05) is 5.69 Å². The van der Waals surface area contributed by atoms with Crippen LogP contribution in [0.25, 0.3) is 0 Å². The predicted octanol–water partition coefficient (Wildman–Crippen LogP) is 3.25. The summed E-state index contributed by atoms with van der Waals surface area (Å²) in [6.45, 7) is 0.275. The van der Waals surface area contributed by atoms with Gasteiger partial charge in [-0.2, -0.15) is 5.10 Å². The lowest BCUT2D eigenvalue weighted by Crippen LogP contribution is -2.25. The van der Waals surface area contributed by atoms with Crippen molar-refractivity contribution in [1.29, 1.82) is 0 Å². The number of hydrogen-bond donors (Lipinski definition) is 3. The lowest BCUT2D eigenvalue weighted by Gasteiger charge is -2.09. The summed E-state index contributed by atoms with van der Waals surface area (Å²) in [6.07, 6.45) is 0.748. The Bertz CT molecular complexity index is 720. The Hall–Kier alpha value is -2.93. The second kappa shape index (κ2) is 10.0. The third kappa shape index (κ3) is 7.01. The van der Waals surface area contributed by atoms with Crippen LogP contribution in [0.15, 0.2) is 65.8 Å². The van der Waals surface area contributed by atoms with Gasteiger partial charge in [-0.1, -0.05) is 48.5 Å². The lowest BCUT2D eigenvalue weighted by atomic mass is 10.1. The van der Waals surface area contributed by atoms with Gasteiger partial charge in [-0.3, -0.25) is 10.7 Å². The summed E-state index contributed by atoms with van der Waals surface area (Å²) in [6, 6.07) is 18.8. The van der Waals surface area contributed by atoms with Crippen LogP contribution in [0.1, 0.15) is 18.4 Å². The van der Waals surface area contributed by atoms with Crippen molar-refractivity contribution in [3.63, 3.8) is 0 Å². The number of nitrogens with two attached hydrogens (primary N) is 1. The van der Waals surface area contributed by atoms with Gasteiger partial charge >= 0.3 is 6.09 Å². The first-order valence-corrected chi connectivity index (χ1v) is 8.22. The highest BCUT2D eigenvalue weighted by Gasteiger charge is 2.06. The van der Waals surface area contributed by atoms with E-state index in [2.05, 4.69) is 15.8 Å². The van der Waals surface area contributed by atoms with Gasteiger partial charge in [-0.25, -0.2) is 4.79 Å². The van der Waals surface area contributed by atoms with Crippen LogP contribution >= 0.6 is 12.2 Å². The zero-order valence-corrected chi connectivity index (χ0v) is 14.5. The third-order valence-corrected chi connectivity index (χ3v) is 3.31. The molecule has 7 heteroatoms. The first-order valence-electron chi connectivity index (χ1n) is 7.81. The fraction of sp³-hybridized carbons (Fsp3) is 0.167. The maximum absolute atomic E-state index is 11.7. The van der Waals surface area contributed by atoms with Crippen molar-refractivity contribution in [2.45, 2.75) is 12.8 Å². The van der Waals surface area contributed by atoms with Gasteiger partial charge in [0.2, 0.25) is 0 Å². The van der Waals surface area contributed by atoms with Crippen molar-refractivity contribution < 1.29 is 9.53 Å². The molecule has 0 fully saturated rings. The SMILES string of the molecule is NC(=S)N/N=C(\CCCOC(=O)Nc1ccccc1)c1ccccc1. The molecule has 0 spiro atoms. The van der Waals surface area contributed by atoms with Crippen molar-refractivity contribution in [3.05, 3.63) is 66.2 Å². The highest BCUT2D eigenvalue weighted by molar-refractivity contribution is 7.80. The maximum Gasteiger partial charge on any atom is 0.411 e. The smallest absolute Gasteiger partial charge is 0.411 e. The molecule has 0 heterocycles. The molecule has 0 aliphatic carbocycles. The number of para-hydroxylation sites is 1. The number of thiocarbonyl (C=S) groups is 1. The first kappa shape index (κ1) is 18.4. The average Bonchev–Trinajstić information content (AvgIpc) is 2.62. The fourth-order valence-electron chi connectivity index (χ4n) is 2.10. The molecule has 2 rings (SSSR count). The normalized spacial score (nSPS) is 10.8. The molecule has 2 aromatic rings. The number of ether oxygens (including phenoxy) is 1. The fourth-order valence-corrected chi connectivity index (χ4v) is 2.14. The Kier molecular flexibility index (Phi) is 7.40. The standard InChI is InChI=1S/C18H20N4O2S/c19-17(25)22-21-16(14-8-3-1-4-9-14)12-7-13-24-18(23)20-15-10-5-2-6-11-15/h1-6,8-11H,7,12-13H2,(H,20,23)(H3,19,22,25)/b21-16+.